The van der Waals surface area contributed by atoms with Gasteiger partial charge in [0.25, 0.3) is 0 Å². The van der Waals surface area contributed by atoms with Crippen LogP contribution >= 0.6 is 0 Å². The monoisotopic (exact) mass is 320 g/mol. The van der Waals surface area contributed by atoms with Crippen LogP contribution in [0.25, 0.3) is 32.6 Å². The molecule has 5 N–H and O–H groups in total. The molecule has 24 heavy (non-hydrogen) atoms. The number of phenolic OH excluding ortho intramolecular Hbond substituents is 1. The first-order chi connectivity index (χ1) is 11.7. The Labute approximate surface area is 139 Å². The van der Waals surface area contributed by atoms with E-state index in [4.69, 9.17) is 5.73 Å². The maximum absolute atomic E-state index is 9.76. The molecule has 0 saturated carbocycles. The Balaban J connectivity index is 2.06. The molecule has 0 atom stereocenters. The number of nitrogens with one attached hydrogen (secondary N) is 2. The van der Waals surface area contributed by atoms with Crippen LogP contribution in [-0.4, -0.2) is 28.2 Å². The lowest BCUT2D eigenvalue weighted by Gasteiger charge is -2.08. The molecular weight excluding hydrogens is 300 g/mol. The summed E-state index contributed by atoms with van der Waals surface area (Å²) in [5.74, 6) is 1.15. The minimum absolute atomic E-state index is 0.275. The number of aromatic nitrogens is 2. The molecule has 4 rings (SSSR count). The molecule has 0 aliphatic carbocycles. The quantitative estimate of drug-likeness (QED) is 0.432. The minimum atomic E-state index is 0.275. The number of pyridine rings is 1. The summed E-state index contributed by atoms with van der Waals surface area (Å²) in [5.41, 5.74) is 8.87. The van der Waals surface area contributed by atoms with Crippen LogP contribution in [0.15, 0.2) is 36.5 Å². The molecule has 0 amide bonds. The molecular formula is C19H20N4O. The van der Waals surface area contributed by atoms with Gasteiger partial charge >= 0.3 is 0 Å². The molecule has 0 unspecified atom stereocenters. The molecule has 2 aromatic heterocycles. The zero-order valence-corrected chi connectivity index (χ0v) is 13.6. The molecule has 0 aliphatic rings. The molecule has 2 heterocycles. The van der Waals surface area contributed by atoms with Crippen molar-refractivity contribution >= 4 is 38.4 Å². The van der Waals surface area contributed by atoms with Gasteiger partial charge < -0.3 is 21.1 Å². The summed E-state index contributed by atoms with van der Waals surface area (Å²) < 4.78 is 0. The van der Waals surface area contributed by atoms with E-state index >= 15 is 0 Å². The lowest BCUT2D eigenvalue weighted by atomic mass is 10.0. The number of aromatic amines is 1. The summed E-state index contributed by atoms with van der Waals surface area (Å²) in [7, 11) is 0. The Morgan fingerprint density at radius 1 is 1.21 bits per heavy atom. The van der Waals surface area contributed by atoms with E-state index in [9.17, 15) is 5.11 Å². The van der Waals surface area contributed by atoms with E-state index in [-0.39, 0.29) is 5.75 Å². The highest BCUT2D eigenvalue weighted by molar-refractivity contribution is 6.23. The van der Waals surface area contributed by atoms with Crippen molar-refractivity contribution in [2.24, 2.45) is 5.73 Å². The van der Waals surface area contributed by atoms with Crippen molar-refractivity contribution in [3.8, 4) is 5.75 Å². The maximum Gasteiger partial charge on any atom is 0.136 e. The van der Waals surface area contributed by atoms with E-state index in [1.807, 2.05) is 18.3 Å². The highest BCUT2D eigenvalue weighted by atomic mass is 16.3. The first-order valence-electron chi connectivity index (χ1n) is 8.15. The van der Waals surface area contributed by atoms with Crippen molar-refractivity contribution in [3.63, 3.8) is 0 Å². The molecule has 5 nitrogen and oxygen atoms in total. The van der Waals surface area contributed by atoms with Crippen molar-refractivity contribution in [2.75, 3.05) is 18.4 Å². The number of nitrogens with two attached hydrogens (primary N) is 1. The zero-order chi connectivity index (χ0) is 16.7. The first-order valence-corrected chi connectivity index (χ1v) is 8.15. The summed E-state index contributed by atoms with van der Waals surface area (Å²) in [6.07, 6.45) is 2.78. The van der Waals surface area contributed by atoms with Crippen LogP contribution in [-0.2, 0) is 0 Å². The Hall–Kier alpha value is -2.79. The van der Waals surface area contributed by atoms with Crippen molar-refractivity contribution in [3.05, 3.63) is 42.1 Å². The number of aromatic hydroxyl groups is 1. The molecule has 0 fully saturated rings. The Morgan fingerprint density at radius 2 is 2.08 bits per heavy atom. The fourth-order valence-electron chi connectivity index (χ4n) is 3.28. The third-order valence-corrected chi connectivity index (χ3v) is 4.45. The van der Waals surface area contributed by atoms with Gasteiger partial charge in [-0.2, -0.15) is 0 Å². The molecule has 0 bridgehead atoms. The molecule has 5 heteroatoms. The number of aryl methyl sites for hydroxylation is 1. The predicted octanol–water partition coefficient (Wildman–Crippen LogP) is 3.64. The van der Waals surface area contributed by atoms with Gasteiger partial charge in [-0.1, -0.05) is 12.1 Å². The van der Waals surface area contributed by atoms with Crippen molar-refractivity contribution in [1.29, 1.82) is 0 Å². The Morgan fingerprint density at radius 3 is 2.92 bits per heavy atom. The lowest BCUT2D eigenvalue weighted by Crippen LogP contribution is -2.09. The molecule has 122 valence electrons. The van der Waals surface area contributed by atoms with Gasteiger partial charge in [-0.15, -0.1) is 0 Å². The smallest absolute Gasteiger partial charge is 0.136 e. The normalized spacial score (nSPS) is 11.6. The Kier molecular flexibility index (Phi) is 3.50. The number of benzene rings is 2. The highest BCUT2D eigenvalue weighted by Crippen LogP contribution is 2.37. The predicted molar refractivity (Wildman–Crippen MR) is 99.7 cm³/mol. The second-order valence-corrected chi connectivity index (χ2v) is 6.13. The topological polar surface area (TPSA) is 87.0 Å². The standard InChI is InChI=1S/C19H20N4O/c1-11-10-22-19(21-8-2-7-20)17-16-14-5-4-13(24)9-12(14)3-6-15(16)23-18(11)17/h3-6,9-10,23-24H,2,7-8,20H2,1H3,(H,21,22). The minimum Gasteiger partial charge on any atom is -0.508 e. The molecule has 0 aliphatic heterocycles. The van der Waals surface area contributed by atoms with E-state index in [0.717, 1.165) is 56.9 Å². The summed E-state index contributed by atoms with van der Waals surface area (Å²) >= 11 is 0. The second kappa shape index (κ2) is 5.69. The van der Waals surface area contributed by atoms with Crippen molar-refractivity contribution < 1.29 is 5.11 Å². The van der Waals surface area contributed by atoms with Crippen LogP contribution in [0.2, 0.25) is 0 Å². The lowest BCUT2D eigenvalue weighted by molar-refractivity contribution is 0.476. The molecule has 2 aromatic carbocycles. The Bertz CT molecular complexity index is 1050. The van der Waals surface area contributed by atoms with Crippen LogP contribution in [0, 0.1) is 6.92 Å². The second-order valence-electron chi connectivity index (χ2n) is 6.13. The van der Waals surface area contributed by atoms with E-state index in [0.29, 0.717) is 6.54 Å². The number of phenols is 1. The van der Waals surface area contributed by atoms with Gasteiger partial charge in [-0.25, -0.2) is 4.98 Å². The van der Waals surface area contributed by atoms with Crippen LogP contribution in [0.4, 0.5) is 5.82 Å². The average molecular weight is 320 g/mol. The van der Waals surface area contributed by atoms with Crippen LogP contribution in [0.5, 0.6) is 5.75 Å². The van der Waals surface area contributed by atoms with Crippen LogP contribution in [0.3, 0.4) is 0 Å². The third-order valence-electron chi connectivity index (χ3n) is 4.45. The first kappa shape index (κ1) is 14.8. The van der Waals surface area contributed by atoms with Gasteiger partial charge in [0.2, 0.25) is 0 Å². The summed E-state index contributed by atoms with van der Waals surface area (Å²) in [4.78, 5) is 8.12. The summed E-state index contributed by atoms with van der Waals surface area (Å²) in [6, 6.07) is 9.56. The summed E-state index contributed by atoms with van der Waals surface area (Å²) in [5, 5.41) is 17.5. The van der Waals surface area contributed by atoms with E-state index in [1.54, 1.807) is 12.1 Å². The number of hydrogen-bond donors (Lipinski definition) is 4. The van der Waals surface area contributed by atoms with Crippen LogP contribution in [0.1, 0.15) is 12.0 Å². The molecule has 0 spiro atoms. The molecule has 0 saturated heterocycles. The van der Waals surface area contributed by atoms with E-state index in [2.05, 4.69) is 28.3 Å². The SMILES string of the molecule is Cc1cnc(NCCCN)c2c1[nH]c1ccc3cc(O)ccc3c12. The fraction of sp³-hybridized carbons (Fsp3) is 0.211. The highest BCUT2D eigenvalue weighted by Gasteiger charge is 2.14. The van der Waals surface area contributed by atoms with Gasteiger partial charge in [0.1, 0.15) is 11.6 Å². The van der Waals surface area contributed by atoms with Crippen molar-refractivity contribution in [1.82, 2.24) is 9.97 Å². The van der Waals surface area contributed by atoms with Gasteiger partial charge in [0.05, 0.1) is 10.9 Å². The number of anilines is 1. The van der Waals surface area contributed by atoms with Gasteiger partial charge in [-0.3, -0.25) is 0 Å². The number of nitrogens with zero attached hydrogens (tertiary/aromatic N) is 1. The zero-order valence-electron chi connectivity index (χ0n) is 13.6. The average Bonchev–Trinajstić information content (AvgIpc) is 2.98. The van der Waals surface area contributed by atoms with Gasteiger partial charge in [0.15, 0.2) is 0 Å². The fourth-order valence-corrected chi connectivity index (χ4v) is 3.28. The van der Waals surface area contributed by atoms with Gasteiger partial charge in [0, 0.05) is 23.6 Å². The molecule has 0 radical (unpaired) electrons. The van der Waals surface area contributed by atoms with E-state index < -0.39 is 0 Å². The largest absolute Gasteiger partial charge is 0.508 e. The van der Waals surface area contributed by atoms with Gasteiger partial charge in [-0.05, 0) is 54.4 Å². The third kappa shape index (κ3) is 2.25. The maximum atomic E-state index is 9.76. The number of fused-ring (bicyclic) bond motifs is 5. The van der Waals surface area contributed by atoms with Crippen molar-refractivity contribution in [2.45, 2.75) is 13.3 Å². The van der Waals surface area contributed by atoms with E-state index in [1.165, 1.54) is 0 Å². The number of hydrogen-bond acceptors (Lipinski definition) is 4. The number of rotatable bonds is 4. The van der Waals surface area contributed by atoms with Crippen LogP contribution < -0.4 is 11.1 Å². The summed E-state index contributed by atoms with van der Waals surface area (Å²) in [6.45, 7) is 3.50. The molecule has 4 aromatic rings. The number of H-pyrrole nitrogens is 1.